The Morgan fingerprint density at radius 2 is 1.62 bits per heavy atom. The Kier molecular flexibility index (Phi) is 4.74. The third-order valence-electron chi connectivity index (χ3n) is 4.45. The topological polar surface area (TPSA) is 32.8 Å². The molecular weight excluding hydrogens is 300 g/mol. The Morgan fingerprint density at radius 1 is 0.958 bits per heavy atom. The van der Waals surface area contributed by atoms with Gasteiger partial charge < -0.3 is 14.5 Å². The van der Waals surface area contributed by atoms with Crippen LogP contribution in [0.4, 0.5) is 5.69 Å². The van der Waals surface area contributed by atoms with Gasteiger partial charge in [0.05, 0.1) is 7.11 Å². The minimum atomic E-state index is 0.132. The molecule has 0 bridgehead atoms. The van der Waals surface area contributed by atoms with E-state index in [4.69, 9.17) is 4.74 Å². The van der Waals surface area contributed by atoms with Crippen molar-refractivity contribution in [1.29, 1.82) is 0 Å². The number of carbonyl (C=O) groups is 1. The molecule has 0 aliphatic carbocycles. The number of amides is 1. The van der Waals surface area contributed by atoms with E-state index in [0.717, 1.165) is 54.3 Å². The number of piperazine rings is 1. The summed E-state index contributed by atoms with van der Waals surface area (Å²) in [5, 5.41) is 0. The van der Waals surface area contributed by atoms with Crippen molar-refractivity contribution in [2.75, 3.05) is 38.2 Å². The quantitative estimate of drug-likeness (QED) is 0.869. The number of hydrogen-bond acceptors (Lipinski definition) is 3. The minimum absolute atomic E-state index is 0.132. The molecule has 1 amide bonds. The molecule has 0 aromatic heterocycles. The summed E-state index contributed by atoms with van der Waals surface area (Å²) in [6.07, 6.45) is 0. The zero-order valence-electron chi connectivity index (χ0n) is 14.6. The van der Waals surface area contributed by atoms with Crippen molar-refractivity contribution < 1.29 is 9.53 Å². The number of aryl methyl sites for hydroxylation is 2. The van der Waals surface area contributed by atoms with Gasteiger partial charge in [0.25, 0.3) is 5.91 Å². The van der Waals surface area contributed by atoms with Crippen LogP contribution in [0.1, 0.15) is 21.5 Å². The average molecular weight is 324 g/mol. The van der Waals surface area contributed by atoms with Gasteiger partial charge in [0.15, 0.2) is 0 Å². The third kappa shape index (κ3) is 3.53. The lowest BCUT2D eigenvalue weighted by Crippen LogP contribution is -2.48. The summed E-state index contributed by atoms with van der Waals surface area (Å²) >= 11 is 0. The van der Waals surface area contributed by atoms with Crippen molar-refractivity contribution in [3.63, 3.8) is 0 Å². The van der Waals surface area contributed by atoms with Crippen LogP contribution < -0.4 is 9.64 Å². The summed E-state index contributed by atoms with van der Waals surface area (Å²) in [5.41, 5.74) is 4.21. The Balaban J connectivity index is 1.67. The van der Waals surface area contributed by atoms with Crippen LogP contribution in [0, 0.1) is 13.8 Å². The van der Waals surface area contributed by atoms with Crippen molar-refractivity contribution in [3.05, 3.63) is 59.2 Å². The molecule has 0 unspecified atom stereocenters. The molecule has 1 saturated heterocycles. The van der Waals surface area contributed by atoms with Crippen LogP contribution in [-0.4, -0.2) is 44.1 Å². The van der Waals surface area contributed by atoms with Gasteiger partial charge in [-0.05, 0) is 38.1 Å². The molecule has 1 aliphatic rings. The van der Waals surface area contributed by atoms with E-state index in [1.54, 1.807) is 7.11 Å². The molecule has 4 heteroatoms. The molecule has 4 nitrogen and oxygen atoms in total. The van der Waals surface area contributed by atoms with Gasteiger partial charge in [-0.15, -0.1) is 0 Å². The second-order valence-corrected chi connectivity index (χ2v) is 6.36. The molecule has 126 valence electrons. The zero-order valence-corrected chi connectivity index (χ0v) is 14.6. The van der Waals surface area contributed by atoms with E-state index >= 15 is 0 Å². The second-order valence-electron chi connectivity index (χ2n) is 6.36. The Labute approximate surface area is 143 Å². The first kappa shape index (κ1) is 16.4. The number of anilines is 1. The fourth-order valence-corrected chi connectivity index (χ4v) is 3.26. The van der Waals surface area contributed by atoms with Crippen LogP contribution in [0.3, 0.4) is 0 Å². The molecule has 24 heavy (non-hydrogen) atoms. The van der Waals surface area contributed by atoms with Crippen molar-refractivity contribution in [3.8, 4) is 5.75 Å². The number of nitrogens with zero attached hydrogens (tertiary/aromatic N) is 2. The number of benzene rings is 2. The molecule has 2 aromatic rings. The fourth-order valence-electron chi connectivity index (χ4n) is 3.26. The Hall–Kier alpha value is -2.49. The molecule has 0 saturated carbocycles. The van der Waals surface area contributed by atoms with Crippen LogP contribution in [0.2, 0.25) is 0 Å². The predicted molar refractivity (Wildman–Crippen MR) is 97.0 cm³/mol. The SMILES string of the molecule is COc1cccc(N2CCN(C(=O)c3cc(C)cc(C)c3)CC2)c1. The maximum absolute atomic E-state index is 12.7. The zero-order chi connectivity index (χ0) is 17.1. The van der Waals surface area contributed by atoms with Crippen molar-refractivity contribution in [2.24, 2.45) is 0 Å². The van der Waals surface area contributed by atoms with E-state index in [1.165, 1.54) is 0 Å². The highest BCUT2D eigenvalue weighted by atomic mass is 16.5. The first-order chi connectivity index (χ1) is 11.6. The van der Waals surface area contributed by atoms with Crippen LogP contribution in [0.5, 0.6) is 5.75 Å². The number of methoxy groups -OCH3 is 1. The molecule has 1 fully saturated rings. The van der Waals surface area contributed by atoms with Crippen molar-refractivity contribution in [1.82, 2.24) is 4.90 Å². The lowest BCUT2D eigenvalue weighted by molar-refractivity contribution is 0.0746. The van der Waals surface area contributed by atoms with Crippen molar-refractivity contribution in [2.45, 2.75) is 13.8 Å². The lowest BCUT2D eigenvalue weighted by atomic mass is 10.1. The van der Waals surface area contributed by atoms with Gasteiger partial charge in [-0.2, -0.15) is 0 Å². The largest absolute Gasteiger partial charge is 0.497 e. The number of rotatable bonds is 3. The summed E-state index contributed by atoms with van der Waals surface area (Å²) in [6.45, 7) is 7.22. The highest BCUT2D eigenvalue weighted by molar-refractivity contribution is 5.94. The Morgan fingerprint density at radius 3 is 2.25 bits per heavy atom. The van der Waals surface area contributed by atoms with E-state index in [1.807, 2.05) is 49.1 Å². The second kappa shape index (κ2) is 6.95. The average Bonchev–Trinajstić information content (AvgIpc) is 2.60. The van der Waals surface area contributed by atoms with Gasteiger partial charge >= 0.3 is 0 Å². The molecule has 0 spiro atoms. The molecule has 0 N–H and O–H groups in total. The van der Waals surface area contributed by atoms with Gasteiger partial charge in [0, 0.05) is 43.5 Å². The van der Waals surface area contributed by atoms with Crippen LogP contribution >= 0.6 is 0 Å². The lowest BCUT2D eigenvalue weighted by Gasteiger charge is -2.36. The van der Waals surface area contributed by atoms with E-state index < -0.39 is 0 Å². The standard InChI is InChI=1S/C20H24N2O2/c1-15-11-16(2)13-17(12-15)20(23)22-9-7-21(8-10-22)18-5-4-6-19(14-18)24-3/h4-6,11-14H,7-10H2,1-3H3. The van der Waals surface area contributed by atoms with Crippen molar-refractivity contribution >= 4 is 11.6 Å². The maximum Gasteiger partial charge on any atom is 0.253 e. The number of carbonyl (C=O) groups excluding carboxylic acids is 1. The summed E-state index contributed by atoms with van der Waals surface area (Å²) in [6, 6.07) is 14.1. The highest BCUT2D eigenvalue weighted by Crippen LogP contribution is 2.22. The molecule has 2 aromatic carbocycles. The first-order valence-corrected chi connectivity index (χ1v) is 8.33. The molecule has 0 atom stereocenters. The fraction of sp³-hybridized carbons (Fsp3) is 0.350. The van der Waals surface area contributed by atoms with E-state index in [9.17, 15) is 4.79 Å². The smallest absolute Gasteiger partial charge is 0.253 e. The summed E-state index contributed by atoms with van der Waals surface area (Å²) in [4.78, 5) is 17.0. The van der Waals surface area contributed by atoms with Crippen LogP contribution in [0.15, 0.2) is 42.5 Å². The monoisotopic (exact) mass is 324 g/mol. The maximum atomic E-state index is 12.7. The Bertz CT molecular complexity index is 714. The molecule has 3 rings (SSSR count). The number of hydrogen-bond donors (Lipinski definition) is 0. The molecule has 0 radical (unpaired) electrons. The minimum Gasteiger partial charge on any atom is -0.497 e. The summed E-state index contributed by atoms with van der Waals surface area (Å²) < 4.78 is 5.29. The third-order valence-corrected chi connectivity index (χ3v) is 4.45. The number of ether oxygens (including phenoxy) is 1. The predicted octanol–water partition coefficient (Wildman–Crippen LogP) is 3.27. The van der Waals surface area contributed by atoms with Gasteiger partial charge in [-0.3, -0.25) is 4.79 Å². The van der Waals surface area contributed by atoms with E-state index in [0.29, 0.717) is 0 Å². The van der Waals surface area contributed by atoms with Gasteiger partial charge in [-0.25, -0.2) is 0 Å². The molecule has 1 aliphatic heterocycles. The summed E-state index contributed by atoms with van der Waals surface area (Å²) in [7, 11) is 1.68. The van der Waals surface area contributed by atoms with Crippen LogP contribution in [-0.2, 0) is 0 Å². The molecule has 1 heterocycles. The van der Waals surface area contributed by atoms with Gasteiger partial charge in [0.2, 0.25) is 0 Å². The highest BCUT2D eigenvalue weighted by Gasteiger charge is 2.22. The normalized spacial score (nSPS) is 14.6. The van der Waals surface area contributed by atoms with Gasteiger partial charge in [-0.1, -0.05) is 23.3 Å². The van der Waals surface area contributed by atoms with E-state index in [2.05, 4.69) is 17.0 Å². The molecular formula is C20H24N2O2. The first-order valence-electron chi connectivity index (χ1n) is 8.33. The van der Waals surface area contributed by atoms with Gasteiger partial charge in [0.1, 0.15) is 5.75 Å². The van der Waals surface area contributed by atoms with Crippen LogP contribution in [0.25, 0.3) is 0 Å². The summed E-state index contributed by atoms with van der Waals surface area (Å²) in [5.74, 6) is 0.994. The van der Waals surface area contributed by atoms with E-state index in [-0.39, 0.29) is 5.91 Å².